The Bertz CT molecular complexity index is 2150. The molecule has 1 N–H and O–H groups in total. The van der Waals surface area contributed by atoms with Gasteiger partial charge in [-0.25, -0.2) is 9.97 Å². The van der Waals surface area contributed by atoms with Crippen molar-refractivity contribution in [2.75, 3.05) is 76.0 Å². The van der Waals surface area contributed by atoms with Crippen LogP contribution in [0.1, 0.15) is 31.8 Å². The van der Waals surface area contributed by atoms with Crippen molar-refractivity contribution in [3.05, 3.63) is 130 Å². The fraction of sp³-hybridized carbons (Fsp3) is 0.200. The van der Waals surface area contributed by atoms with Crippen LogP contribution in [0.25, 0.3) is 22.0 Å². The monoisotopic (exact) mass is 731 g/mol. The zero-order valence-corrected chi connectivity index (χ0v) is 31.3. The van der Waals surface area contributed by atoms with Crippen molar-refractivity contribution in [1.29, 1.82) is 0 Å². The first-order chi connectivity index (χ1) is 23.8. The van der Waals surface area contributed by atoms with E-state index >= 15 is 0 Å². The number of nitrogens with zero attached hydrogens (tertiary/aromatic N) is 6. The van der Waals surface area contributed by atoms with Crippen molar-refractivity contribution in [3.8, 4) is 11.1 Å². The van der Waals surface area contributed by atoms with Gasteiger partial charge < -0.3 is 24.6 Å². The summed E-state index contributed by atoms with van der Waals surface area (Å²) in [4.78, 5) is 45.6. The van der Waals surface area contributed by atoms with E-state index in [0.717, 1.165) is 49.5 Å². The lowest BCUT2D eigenvalue weighted by atomic mass is 9.95. The summed E-state index contributed by atoms with van der Waals surface area (Å²) in [7, 11) is 15.5. The Balaban J connectivity index is 0.000000205. The van der Waals surface area contributed by atoms with Gasteiger partial charge in [0.05, 0.1) is 0 Å². The summed E-state index contributed by atoms with van der Waals surface area (Å²) in [6.07, 6.45) is 5.28. The molecule has 3 aromatic carbocycles. The zero-order chi connectivity index (χ0) is 36.1. The molecule has 0 unspecified atom stereocenters. The number of rotatable bonds is 9. The van der Waals surface area contributed by atoms with E-state index < -0.39 is 0 Å². The maximum atomic E-state index is 13.3. The number of ketones is 2. The standard InChI is InChI=1S/C24H24N4O.C16H18BrN3O/c1-27(2)19-13-17(20-6-5-7-22-21(20)9-11-25-22)12-18(14-19)24(29)16-8-10-26-23(15-16)28(3)4;1-19(2)14-8-12(7-13(17)10-14)16(21)11-5-6-18-15(9-11)20(3)4/h5-15,25H,1-4H3;5-10H,1-4H3. The molecule has 0 aliphatic rings. The lowest BCUT2D eigenvalue weighted by molar-refractivity contribution is 0.103. The minimum atomic E-state index is -0.0123. The second-order valence-corrected chi connectivity index (χ2v) is 13.7. The number of carbonyl (C=O) groups excluding carboxylic acids is 2. The van der Waals surface area contributed by atoms with Crippen LogP contribution in [-0.4, -0.2) is 82.9 Å². The zero-order valence-electron chi connectivity index (χ0n) is 29.7. The largest absolute Gasteiger partial charge is 0.378 e. The van der Waals surface area contributed by atoms with Gasteiger partial charge in [-0.3, -0.25) is 9.59 Å². The first-order valence-electron chi connectivity index (χ1n) is 16.1. The lowest BCUT2D eigenvalue weighted by Crippen LogP contribution is -2.13. The molecule has 0 spiro atoms. The van der Waals surface area contributed by atoms with Crippen LogP contribution in [0.15, 0.2) is 108 Å². The topological polar surface area (TPSA) is 88.7 Å². The van der Waals surface area contributed by atoms with Crippen molar-refractivity contribution in [3.63, 3.8) is 0 Å². The molecule has 0 aliphatic heterocycles. The minimum Gasteiger partial charge on any atom is -0.378 e. The van der Waals surface area contributed by atoms with Gasteiger partial charge in [0.1, 0.15) is 11.6 Å². The number of aromatic nitrogens is 3. The van der Waals surface area contributed by atoms with E-state index in [1.807, 2.05) is 125 Å². The van der Waals surface area contributed by atoms with Gasteiger partial charge in [-0.15, -0.1) is 0 Å². The molecule has 0 aliphatic carbocycles. The van der Waals surface area contributed by atoms with E-state index in [0.29, 0.717) is 22.3 Å². The third kappa shape index (κ3) is 8.20. The summed E-state index contributed by atoms with van der Waals surface area (Å²) in [6, 6.07) is 27.2. The van der Waals surface area contributed by atoms with Crippen molar-refractivity contribution < 1.29 is 9.59 Å². The van der Waals surface area contributed by atoms with Crippen molar-refractivity contribution >= 4 is 61.4 Å². The van der Waals surface area contributed by atoms with Crippen LogP contribution < -0.4 is 19.6 Å². The molecule has 0 bridgehead atoms. The number of pyridine rings is 2. The predicted octanol–water partition coefficient (Wildman–Crippen LogP) is 7.80. The van der Waals surface area contributed by atoms with E-state index in [1.54, 1.807) is 30.6 Å². The van der Waals surface area contributed by atoms with E-state index in [2.05, 4.69) is 55.1 Å². The van der Waals surface area contributed by atoms with E-state index in [-0.39, 0.29) is 11.6 Å². The quantitative estimate of drug-likeness (QED) is 0.151. The molecule has 0 atom stereocenters. The summed E-state index contributed by atoms with van der Waals surface area (Å²) in [5.74, 6) is 1.51. The summed E-state index contributed by atoms with van der Waals surface area (Å²) in [5.41, 5.74) is 7.75. The van der Waals surface area contributed by atoms with Crippen LogP contribution in [0, 0.1) is 0 Å². The molecule has 256 valence electrons. The Hall–Kier alpha value is -5.48. The van der Waals surface area contributed by atoms with Crippen LogP contribution in [0.5, 0.6) is 0 Å². The van der Waals surface area contributed by atoms with Gasteiger partial charge >= 0.3 is 0 Å². The summed E-state index contributed by atoms with van der Waals surface area (Å²) in [6.45, 7) is 0. The van der Waals surface area contributed by atoms with Crippen LogP contribution in [0.3, 0.4) is 0 Å². The molecule has 0 saturated carbocycles. The van der Waals surface area contributed by atoms with Crippen molar-refractivity contribution in [1.82, 2.24) is 15.0 Å². The summed E-state index contributed by atoms with van der Waals surface area (Å²) < 4.78 is 0.888. The van der Waals surface area contributed by atoms with Crippen LogP contribution in [0.2, 0.25) is 0 Å². The van der Waals surface area contributed by atoms with Crippen molar-refractivity contribution in [2.45, 2.75) is 0 Å². The first kappa shape index (κ1) is 35.8. The van der Waals surface area contributed by atoms with Gasteiger partial charge in [0, 0.05) is 124 Å². The van der Waals surface area contributed by atoms with Crippen LogP contribution in [0.4, 0.5) is 23.0 Å². The molecule has 0 radical (unpaired) electrons. The Morgan fingerprint density at radius 3 is 1.66 bits per heavy atom. The highest BCUT2D eigenvalue weighted by atomic mass is 79.9. The molecule has 3 heterocycles. The number of fused-ring (bicyclic) bond motifs is 1. The average molecular weight is 733 g/mol. The summed E-state index contributed by atoms with van der Waals surface area (Å²) >= 11 is 3.46. The molecule has 9 nitrogen and oxygen atoms in total. The highest BCUT2D eigenvalue weighted by molar-refractivity contribution is 9.10. The first-order valence-corrected chi connectivity index (χ1v) is 16.8. The predicted molar refractivity (Wildman–Crippen MR) is 211 cm³/mol. The van der Waals surface area contributed by atoms with Gasteiger partial charge in [-0.05, 0) is 83.9 Å². The Morgan fingerprint density at radius 2 is 1.12 bits per heavy atom. The molecule has 0 saturated heterocycles. The number of aromatic amines is 1. The molecule has 6 aromatic rings. The van der Waals surface area contributed by atoms with Gasteiger partial charge in [-0.1, -0.05) is 28.1 Å². The number of anilines is 4. The van der Waals surface area contributed by atoms with Crippen LogP contribution >= 0.6 is 15.9 Å². The molecule has 50 heavy (non-hydrogen) atoms. The number of hydrogen-bond donors (Lipinski definition) is 1. The lowest BCUT2D eigenvalue weighted by Gasteiger charge is -2.17. The van der Waals surface area contributed by atoms with Crippen LogP contribution in [-0.2, 0) is 0 Å². The minimum absolute atomic E-state index is 0.00935. The maximum Gasteiger partial charge on any atom is 0.193 e. The fourth-order valence-corrected chi connectivity index (χ4v) is 5.88. The molecular weight excluding hydrogens is 690 g/mol. The Morgan fingerprint density at radius 1 is 0.580 bits per heavy atom. The van der Waals surface area contributed by atoms with E-state index in [1.165, 1.54) is 0 Å². The average Bonchev–Trinajstić information content (AvgIpc) is 3.60. The molecule has 3 aromatic heterocycles. The molecule has 0 fully saturated rings. The highest BCUT2D eigenvalue weighted by Crippen LogP contribution is 2.32. The third-order valence-corrected chi connectivity index (χ3v) is 8.65. The van der Waals surface area contributed by atoms with Gasteiger partial charge in [0.15, 0.2) is 11.6 Å². The number of hydrogen-bond acceptors (Lipinski definition) is 8. The number of benzene rings is 3. The Kier molecular flexibility index (Phi) is 11.0. The molecular formula is C40H42BrN7O2. The van der Waals surface area contributed by atoms with E-state index in [4.69, 9.17) is 0 Å². The second kappa shape index (κ2) is 15.4. The third-order valence-electron chi connectivity index (χ3n) is 8.20. The number of carbonyl (C=O) groups is 2. The van der Waals surface area contributed by atoms with Gasteiger partial charge in [-0.2, -0.15) is 0 Å². The highest BCUT2D eigenvalue weighted by Gasteiger charge is 2.16. The molecule has 6 rings (SSSR count). The molecule has 0 amide bonds. The maximum absolute atomic E-state index is 13.3. The number of H-pyrrole nitrogens is 1. The molecule has 10 heteroatoms. The van der Waals surface area contributed by atoms with E-state index in [9.17, 15) is 9.59 Å². The second-order valence-electron chi connectivity index (χ2n) is 12.8. The van der Waals surface area contributed by atoms with Crippen molar-refractivity contribution in [2.24, 2.45) is 0 Å². The SMILES string of the molecule is CN(C)c1cc(Br)cc(C(=O)c2ccnc(N(C)C)c2)c1.CN(C)c1cc(C(=O)c2ccnc(N(C)C)c2)cc(-c2cccc3[nH]ccc23)c1. The van der Waals surface area contributed by atoms with Gasteiger partial charge in [0.2, 0.25) is 0 Å². The normalized spacial score (nSPS) is 10.7. The fourth-order valence-electron chi connectivity index (χ4n) is 5.40. The Labute approximate surface area is 302 Å². The number of halogens is 1. The number of nitrogens with one attached hydrogen (secondary N) is 1. The smallest absolute Gasteiger partial charge is 0.193 e. The van der Waals surface area contributed by atoms with Gasteiger partial charge in [0.25, 0.3) is 0 Å². The summed E-state index contributed by atoms with van der Waals surface area (Å²) in [5, 5.41) is 1.14.